The van der Waals surface area contributed by atoms with Crippen LogP contribution in [0.4, 0.5) is 5.69 Å². The second-order valence-electron chi connectivity index (χ2n) is 6.03. The van der Waals surface area contributed by atoms with E-state index in [1.165, 1.54) is 12.1 Å². The lowest BCUT2D eigenvalue weighted by atomic mass is 9.78. The molecule has 1 aromatic heterocycles. The summed E-state index contributed by atoms with van der Waals surface area (Å²) >= 11 is 0. The van der Waals surface area contributed by atoms with Crippen LogP contribution in [0.15, 0.2) is 65.8 Å². The van der Waals surface area contributed by atoms with Gasteiger partial charge in [0, 0.05) is 41.8 Å². The molecule has 2 aromatic rings. The summed E-state index contributed by atoms with van der Waals surface area (Å²) in [6.07, 6.45) is 3.29. The van der Waals surface area contributed by atoms with Gasteiger partial charge in [-0.25, -0.2) is 4.79 Å². The van der Waals surface area contributed by atoms with E-state index >= 15 is 0 Å². The van der Waals surface area contributed by atoms with Gasteiger partial charge < -0.3 is 10.4 Å². The molecule has 0 saturated carbocycles. The maximum atomic E-state index is 12.0. The molecule has 0 spiro atoms. The van der Waals surface area contributed by atoms with Crippen molar-refractivity contribution in [2.24, 2.45) is 0 Å². The lowest BCUT2D eigenvalue weighted by molar-refractivity contribution is -0.384. The van der Waals surface area contributed by atoms with Crippen molar-refractivity contribution in [3.8, 4) is 0 Å². The van der Waals surface area contributed by atoms with Crippen molar-refractivity contribution < 1.29 is 14.8 Å². The molecule has 132 valence electrons. The van der Waals surface area contributed by atoms with Gasteiger partial charge in [0.05, 0.1) is 10.5 Å². The highest BCUT2D eigenvalue weighted by atomic mass is 16.6. The van der Waals surface area contributed by atoms with Crippen molar-refractivity contribution in [2.75, 3.05) is 0 Å². The number of non-ortho nitro benzene ring substituents is 1. The third-order valence-corrected chi connectivity index (χ3v) is 4.38. The SMILES string of the molecule is CC1=C(C(=O)O)C(c2cccc([N+](=O)[O-])c2)C(c2cccnc2)=C(C)N1. The van der Waals surface area contributed by atoms with Gasteiger partial charge in [0.15, 0.2) is 0 Å². The predicted molar refractivity (Wildman–Crippen MR) is 96.1 cm³/mol. The quantitative estimate of drug-likeness (QED) is 0.645. The first-order valence-corrected chi connectivity index (χ1v) is 7.96. The van der Waals surface area contributed by atoms with Gasteiger partial charge in [-0.05, 0) is 36.6 Å². The Labute approximate surface area is 149 Å². The zero-order valence-corrected chi connectivity index (χ0v) is 14.3. The highest BCUT2D eigenvalue weighted by Gasteiger charge is 2.34. The average Bonchev–Trinajstić information content (AvgIpc) is 2.61. The van der Waals surface area contributed by atoms with Crippen molar-refractivity contribution in [2.45, 2.75) is 19.8 Å². The van der Waals surface area contributed by atoms with Crippen LogP contribution in [0.25, 0.3) is 5.57 Å². The lowest BCUT2D eigenvalue weighted by Crippen LogP contribution is -2.27. The summed E-state index contributed by atoms with van der Waals surface area (Å²) < 4.78 is 0. The van der Waals surface area contributed by atoms with Crippen LogP contribution in [-0.4, -0.2) is 21.0 Å². The van der Waals surface area contributed by atoms with Crippen molar-refractivity contribution in [3.63, 3.8) is 0 Å². The molecule has 1 atom stereocenters. The number of carboxylic acid groups (broad SMARTS) is 1. The summed E-state index contributed by atoms with van der Waals surface area (Å²) in [6.45, 7) is 3.55. The van der Waals surface area contributed by atoms with Gasteiger partial charge in [-0.15, -0.1) is 0 Å². The van der Waals surface area contributed by atoms with E-state index in [0.29, 0.717) is 11.3 Å². The molecule has 0 radical (unpaired) electrons. The molecule has 1 unspecified atom stereocenters. The number of carbonyl (C=O) groups is 1. The first-order valence-electron chi connectivity index (χ1n) is 7.96. The Bertz CT molecular complexity index is 948. The second-order valence-corrected chi connectivity index (χ2v) is 6.03. The molecule has 1 aromatic carbocycles. The molecule has 0 saturated heterocycles. The number of pyridine rings is 1. The van der Waals surface area contributed by atoms with E-state index in [4.69, 9.17) is 0 Å². The van der Waals surface area contributed by atoms with Gasteiger partial charge in [0.2, 0.25) is 0 Å². The maximum absolute atomic E-state index is 12.0. The number of nitro benzene ring substituents is 1. The molecule has 0 amide bonds. The number of aromatic nitrogens is 1. The normalized spacial score (nSPS) is 17.1. The molecular formula is C19H17N3O4. The van der Waals surface area contributed by atoms with Crippen molar-refractivity contribution in [3.05, 3.63) is 87.0 Å². The number of nitrogens with one attached hydrogen (secondary N) is 1. The highest BCUT2D eigenvalue weighted by Crippen LogP contribution is 2.43. The Morgan fingerprint density at radius 1 is 1.23 bits per heavy atom. The number of rotatable bonds is 4. The first-order chi connectivity index (χ1) is 12.4. The van der Waals surface area contributed by atoms with E-state index in [2.05, 4.69) is 10.3 Å². The summed E-state index contributed by atoms with van der Waals surface area (Å²) in [6, 6.07) is 9.71. The number of nitrogens with zero attached hydrogens (tertiary/aromatic N) is 2. The number of hydrogen-bond acceptors (Lipinski definition) is 5. The Morgan fingerprint density at radius 2 is 2.00 bits per heavy atom. The van der Waals surface area contributed by atoms with Gasteiger partial charge >= 0.3 is 5.97 Å². The second kappa shape index (κ2) is 6.79. The third kappa shape index (κ3) is 3.06. The number of dihydropyridines is 1. The molecule has 7 nitrogen and oxygen atoms in total. The molecule has 26 heavy (non-hydrogen) atoms. The summed E-state index contributed by atoms with van der Waals surface area (Å²) in [5.74, 6) is -1.71. The fraction of sp³-hybridized carbons (Fsp3) is 0.158. The van der Waals surface area contributed by atoms with Crippen LogP contribution in [0.5, 0.6) is 0 Å². The number of benzene rings is 1. The molecular weight excluding hydrogens is 334 g/mol. The Morgan fingerprint density at radius 3 is 2.62 bits per heavy atom. The van der Waals surface area contributed by atoms with Crippen LogP contribution in [-0.2, 0) is 4.79 Å². The van der Waals surface area contributed by atoms with E-state index < -0.39 is 16.8 Å². The van der Waals surface area contributed by atoms with E-state index in [1.807, 2.05) is 13.0 Å². The minimum absolute atomic E-state index is 0.0772. The summed E-state index contributed by atoms with van der Waals surface area (Å²) in [5, 5.41) is 24.1. The summed E-state index contributed by atoms with van der Waals surface area (Å²) in [4.78, 5) is 26.8. The smallest absolute Gasteiger partial charge is 0.334 e. The largest absolute Gasteiger partial charge is 0.478 e. The van der Waals surface area contributed by atoms with Crippen LogP contribution >= 0.6 is 0 Å². The number of allylic oxidation sites excluding steroid dienone is 3. The Kier molecular flexibility index (Phi) is 4.53. The van der Waals surface area contributed by atoms with Gasteiger partial charge in [-0.2, -0.15) is 0 Å². The first kappa shape index (κ1) is 17.3. The van der Waals surface area contributed by atoms with Gasteiger partial charge in [0.25, 0.3) is 5.69 Å². The highest BCUT2D eigenvalue weighted by molar-refractivity contribution is 5.96. The number of nitro groups is 1. The Balaban J connectivity index is 2.26. The topological polar surface area (TPSA) is 105 Å². The molecule has 3 rings (SSSR count). The average molecular weight is 351 g/mol. The molecule has 7 heteroatoms. The molecule has 1 aliphatic heterocycles. The van der Waals surface area contributed by atoms with E-state index in [9.17, 15) is 20.0 Å². The fourth-order valence-electron chi connectivity index (χ4n) is 3.33. The molecule has 2 heterocycles. The van der Waals surface area contributed by atoms with Crippen LogP contribution in [0.1, 0.15) is 30.9 Å². The monoisotopic (exact) mass is 351 g/mol. The van der Waals surface area contributed by atoms with Crippen LogP contribution in [0.3, 0.4) is 0 Å². The van der Waals surface area contributed by atoms with E-state index in [0.717, 1.165) is 16.8 Å². The lowest BCUT2D eigenvalue weighted by Gasteiger charge is -2.31. The van der Waals surface area contributed by atoms with E-state index in [-0.39, 0.29) is 11.3 Å². The molecule has 2 N–H and O–H groups in total. The van der Waals surface area contributed by atoms with Crippen LogP contribution < -0.4 is 5.32 Å². The minimum Gasteiger partial charge on any atom is -0.478 e. The zero-order chi connectivity index (χ0) is 18.8. The summed E-state index contributed by atoms with van der Waals surface area (Å²) in [7, 11) is 0. The van der Waals surface area contributed by atoms with Crippen molar-refractivity contribution in [1.82, 2.24) is 10.3 Å². The summed E-state index contributed by atoms with van der Waals surface area (Å²) in [5.41, 5.74) is 3.44. The minimum atomic E-state index is -1.07. The van der Waals surface area contributed by atoms with Crippen molar-refractivity contribution >= 4 is 17.2 Å². The standard InChI is InChI=1S/C19H17N3O4/c1-11-16(14-6-4-8-20-10-14)18(17(19(23)24)12(2)21-11)13-5-3-7-15(9-13)22(25)26/h3-10,18,21H,1-2H3,(H,23,24). The molecule has 1 aliphatic rings. The number of hydrogen-bond donors (Lipinski definition) is 2. The molecule has 0 bridgehead atoms. The van der Waals surface area contributed by atoms with Crippen molar-refractivity contribution in [1.29, 1.82) is 0 Å². The molecule has 0 fully saturated rings. The van der Waals surface area contributed by atoms with Gasteiger partial charge in [-0.1, -0.05) is 18.2 Å². The third-order valence-electron chi connectivity index (χ3n) is 4.38. The van der Waals surface area contributed by atoms with Crippen LogP contribution in [0, 0.1) is 10.1 Å². The van der Waals surface area contributed by atoms with Gasteiger partial charge in [-0.3, -0.25) is 15.1 Å². The molecule has 0 aliphatic carbocycles. The predicted octanol–water partition coefficient (Wildman–Crippen LogP) is 3.47. The van der Waals surface area contributed by atoms with Crippen LogP contribution in [0.2, 0.25) is 0 Å². The fourth-order valence-corrected chi connectivity index (χ4v) is 3.33. The van der Waals surface area contributed by atoms with Gasteiger partial charge in [0.1, 0.15) is 0 Å². The number of carboxylic acids is 1. The Hall–Kier alpha value is -3.48. The zero-order valence-electron chi connectivity index (χ0n) is 14.3. The number of aliphatic carboxylic acids is 1. The van der Waals surface area contributed by atoms with E-state index in [1.54, 1.807) is 37.5 Å². The maximum Gasteiger partial charge on any atom is 0.334 e.